The normalized spacial score (nSPS) is 18.1. The van der Waals surface area contributed by atoms with Gasteiger partial charge in [-0.3, -0.25) is 4.79 Å². The number of fused-ring (bicyclic) bond motifs is 1. The molecule has 1 saturated carbocycles. The van der Waals surface area contributed by atoms with E-state index in [1.807, 2.05) is 0 Å². The summed E-state index contributed by atoms with van der Waals surface area (Å²) >= 11 is 19.9. The fourth-order valence-corrected chi connectivity index (χ4v) is 5.28. The van der Waals surface area contributed by atoms with Crippen molar-refractivity contribution in [2.75, 3.05) is 0 Å². The molecule has 0 spiro atoms. The summed E-state index contributed by atoms with van der Waals surface area (Å²) in [4.78, 5) is 15.4. The number of alkyl halides is 3. The monoisotopic (exact) mass is 532 g/mol. The number of nitrogens with zero attached hydrogens (tertiary/aromatic N) is 4. The quantitative estimate of drug-likeness (QED) is 0.316. The Labute approximate surface area is 202 Å². The summed E-state index contributed by atoms with van der Waals surface area (Å²) in [7, 11) is 0. The largest absolute Gasteiger partial charge is 0.481 e. The standard InChI is InChI=1S/C20H10Cl3F3N4O2S/c21-12-4-11(13(22)3-9(12)8-2-10(8)19(31)32)17-28-29-18(33-17)15-6-30-5-7(20(24,25)26)1-14(23)16(30)27-15/h1,3-6,8,10H,2H2,(H,31,32). The number of imidazole rings is 1. The smallest absolute Gasteiger partial charge is 0.417 e. The molecule has 1 aliphatic carbocycles. The molecule has 4 aromatic rings. The third-order valence-corrected chi connectivity index (χ3v) is 7.20. The van der Waals surface area contributed by atoms with Gasteiger partial charge < -0.3 is 9.51 Å². The van der Waals surface area contributed by atoms with Crippen LogP contribution in [-0.2, 0) is 11.0 Å². The summed E-state index contributed by atoms with van der Waals surface area (Å²) in [5.74, 6) is -1.53. The van der Waals surface area contributed by atoms with Gasteiger partial charge in [-0.2, -0.15) is 13.2 Å². The van der Waals surface area contributed by atoms with Crippen LogP contribution in [0.1, 0.15) is 23.5 Å². The summed E-state index contributed by atoms with van der Waals surface area (Å²) in [5.41, 5.74) is 0.713. The summed E-state index contributed by atoms with van der Waals surface area (Å²) < 4.78 is 40.4. The molecule has 0 aliphatic heterocycles. The number of carboxylic acids is 1. The molecule has 3 heterocycles. The lowest BCUT2D eigenvalue weighted by Crippen LogP contribution is -2.06. The van der Waals surface area contributed by atoms with Gasteiger partial charge in [-0.1, -0.05) is 46.1 Å². The number of rotatable bonds is 4. The summed E-state index contributed by atoms with van der Waals surface area (Å²) in [6.45, 7) is 0. The Morgan fingerprint density at radius 1 is 1.06 bits per heavy atom. The van der Waals surface area contributed by atoms with Gasteiger partial charge in [-0.25, -0.2) is 4.98 Å². The van der Waals surface area contributed by atoms with Gasteiger partial charge in [-0.15, -0.1) is 10.2 Å². The topological polar surface area (TPSA) is 80.4 Å². The second-order valence-electron chi connectivity index (χ2n) is 7.48. The minimum absolute atomic E-state index is 0.147. The second kappa shape index (κ2) is 7.83. The maximum absolute atomic E-state index is 13.1. The van der Waals surface area contributed by atoms with E-state index >= 15 is 0 Å². The highest BCUT2D eigenvalue weighted by molar-refractivity contribution is 7.18. The zero-order valence-electron chi connectivity index (χ0n) is 16.1. The molecule has 0 radical (unpaired) electrons. The molecule has 0 bridgehead atoms. The zero-order chi connectivity index (χ0) is 23.7. The van der Waals surface area contributed by atoms with E-state index in [1.54, 1.807) is 12.1 Å². The van der Waals surface area contributed by atoms with Crippen LogP contribution >= 0.6 is 46.1 Å². The number of halogens is 6. The minimum Gasteiger partial charge on any atom is -0.481 e. The van der Waals surface area contributed by atoms with E-state index in [9.17, 15) is 18.0 Å². The van der Waals surface area contributed by atoms with Gasteiger partial charge in [0.25, 0.3) is 0 Å². The highest BCUT2D eigenvalue weighted by Gasteiger charge is 2.45. The van der Waals surface area contributed by atoms with Gasteiger partial charge in [0.2, 0.25) is 0 Å². The van der Waals surface area contributed by atoms with Crippen LogP contribution < -0.4 is 0 Å². The summed E-state index contributed by atoms with van der Waals surface area (Å²) in [6.07, 6.45) is -1.76. The molecule has 1 N–H and O–H groups in total. The molecule has 5 rings (SSSR count). The molecule has 1 aromatic carbocycles. The van der Waals surface area contributed by atoms with Crippen molar-refractivity contribution in [3.63, 3.8) is 0 Å². The summed E-state index contributed by atoms with van der Waals surface area (Å²) in [6, 6.07) is 4.06. The van der Waals surface area contributed by atoms with Crippen molar-refractivity contribution < 1.29 is 23.1 Å². The molecular formula is C20H10Cl3F3N4O2S. The van der Waals surface area contributed by atoms with Crippen LogP contribution in [0.5, 0.6) is 0 Å². The Bertz CT molecular complexity index is 1440. The van der Waals surface area contributed by atoms with Crippen LogP contribution in [0, 0.1) is 5.92 Å². The number of hydrogen-bond acceptors (Lipinski definition) is 5. The highest BCUT2D eigenvalue weighted by Crippen LogP contribution is 2.51. The molecule has 0 saturated heterocycles. The van der Waals surface area contributed by atoms with Crippen LogP contribution in [0.2, 0.25) is 15.1 Å². The minimum atomic E-state index is -4.55. The Morgan fingerprint density at radius 2 is 1.79 bits per heavy atom. The van der Waals surface area contributed by atoms with Crippen molar-refractivity contribution in [1.82, 2.24) is 19.6 Å². The van der Waals surface area contributed by atoms with Gasteiger partial charge in [0.15, 0.2) is 10.7 Å². The molecule has 2 atom stereocenters. The van der Waals surface area contributed by atoms with E-state index < -0.39 is 23.6 Å². The van der Waals surface area contributed by atoms with Gasteiger partial charge in [-0.05, 0) is 36.1 Å². The predicted octanol–water partition coefficient (Wildman–Crippen LogP) is 6.69. The predicted molar refractivity (Wildman–Crippen MR) is 118 cm³/mol. The lowest BCUT2D eigenvalue weighted by molar-refractivity contribution is -0.139. The molecule has 33 heavy (non-hydrogen) atoms. The van der Waals surface area contributed by atoms with Crippen LogP contribution in [-0.4, -0.2) is 30.7 Å². The van der Waals surface area contributed by atoms with E-state index in [0.717, 1.165) is 23.6 Å². The van der Waals surface area contributed by atoms with E-state index in [0.29, 0.717) is 43.3 Å². The molecule has 1 fully saturated rings. The van der Waals surface area contributed by atoms with Crippen LogP contribution in [0.3, 0.4) is 0 Å². The van der Waals surface area contributed by atoms with Crippen molar-refractivity contribution in [2.45, 2.75) is 18.5 Å². The number of hydrogen-bond donors (Lipinski definition) is 1. The maximum Gasteiger partial charge on any atom is 0.417 e. The van der Waals surface area contributed by atoms with Crippen molar-refractivity contribution >= 4 is 57.8 Å². The third kappa shape index (κ3) is 4.05. The number of carboxylic acid groups (broad SMARTS) is 1. The Hall–Kier alpha value is -2.40. The first-order valence-corrected chi connectivity index (χ1v) is 11.3. The molecule has 1 aliphatic rings. The number of carbonyl (C=O) groups is 1. The first kappa shape index (κ1) is 22.4. The van der Waals surface area contributed by atoms with Crippen LogP contribution in [0.25, 0.3) is 26.9 Å². The van der Waals surface area contributed by atoms with Crippen molar-refractivity contribution in [3.8, 4) is 21.3 Å². The van der Waals surface area contributed by atoms with Crippen LogP contribution in [0.4, 0.5) is 13.2 Å². The van der Waals surface area contributed by atoms with E-state index in [1.165, 1.54) is 10.6 Å². The molecule has 0 amide bonds. The third-order valence-electron chi connectivity index (χ3n) is 5.30. The summed E-state index contributed by atoms with van der Waals surface area (Å²) in [5, 5.41) is 18.7. The molecular weight excluding hydrogens is 524 g/mol. The average molecular weight is 534 g/mol. The Kier molecular flexibility index (Phi) is 5.32. The number of benzene rings is 1. The lowest BCUT2D eigenvalue weighted by atomic mass is 10.1. The van der Waals surface area contributed by atoms with E-state index in [-0.39, 0.29) is 16.6 Å². The van der Waals surface area contributed by atoms with Crippen LogP contribution in [0.15, 0.2) is 30.6 Å². The second-order valence-corrected chi connectivity index (χ2v) is 9.68. The molecule has 13 heteroatoms. The zero-order valence-corrected chi connectivity index (χ0v) is 19.2. The number of pyridine rings is 1. The van der Waals surface area contributed by atoms with E-state index in [4.69, 9.17) is 39.9 Å². The molecule has 3 aromatic heterocycles. The molecule has 170 valence electrons. The van der Waals surface area contributed by atoms with E-state index in [2.05, 4.69) is 15.2 Å². The Balaban J connectivity index is 1.49. The number of aromatic nitrogens is 4. The van der Waals surface area contributed by atoms with Gasteiger partial charge in [0.1, 0.15) is 10.7 Å². The molecule has 2 unspecified atom stereocenters. The number of aliphatic carboxylic acids is 1. The van der Waals surface area contributed by atoms with Crippen molar-refractivity contribution in [1.29, 1.82) is 0 Å². The average Bonchev–Trinajstić information content (AvgIpc) is 3.16. The van der Waals surface area contributed by atoms with Crippen molar-refractivity contribution in [3.05, 3.63) is 56.8 Å². The van der Waals surface area contributed by atoms with Crippen molar-refractivity contribution in [2.24, 2.45) is 5.92 Å². The maximum atomic E-state index is 13.1. The highest BCUT2D eigenvalue weighted by atomic mass is 35.5. The van der Waals surface area contributed by atoms with Gasteiger partial charge in [0, 0.05) is 23.0 Å². The molecule has 6 nitrogen and oxygen atoms in total. The first-order chi connectivity index (χ1) is 15.5. The first-order valence-electron chi connectivity index (χ1n) is 9.34. The lowest BCUT2D eigenvalue weighted by Gasteiger charge is -2.07. The Morgan fingerprint density at radius 3 is 2.45 bits per heavy atom. The van der Waals surface area contributed by atoms with Gasteiger partial charge in [0.05, 0.1) is 21.5 Å². The fourth-order valence-electron chi connectivity index (χ4n) is 3.57. The van der Waals surface area contributed by atoms with Gasteiger partial charge >= 0.3 is 12.1 Å². The fraction of sp³-hybridized carbons (Fsp3) is 0.200. The SMILES string of the molecule is O=C(O)C1CC1c1cc(Cl)c(-c2nnc(-c3cn4cc(C(F)(F)F)cc(Cl)c4n3)s2)cc1Cl.